The maximum Gasteiger partial charge on any atom is 0.123 e. The van der Waals surface area contributed by atoms with Gasteiger partial charge in [0.2, 0.25) is 0 Å². The summed E-state index contributed by atoms with van der Waals surface area (Å²) in [4.78, 5) is 0. The van der Waals surface area contributed by atoms with Crippen LogP contribution in [0.5, 0.6) is 0 Å². The molecule has 0 amide bonds. The molecule has 1 aliphatic rings. The minimum atomic E-state index is -0.150. The zero-order valence-electron chi connectivity index (χ0n) is 12.0. The predicted molar refractivity (Wildman–Crippen MR) is 81.8 cm³/mol. The predicted octanol–water partition coefficient (Wildman–Crippen LogP) is 4.55. The van der Waals surface area contributed by atoms with Gasteiger partial charge in [-0.05, 0) is 60.9 Å². The van der Waals surface area contributed by atoms with Gasteiger partial charge in [-0.3, -0.25) is 0 Å². The second-order valence-corrected chi connectivity index (χ2v) is 7.15. The molecular weight excluding hydrogens is 305 g/mol. The summed E-state index contributed by atoms with van der Waals surface area (Å²) in [6.45, 7) is 7.85. The van der Waals surface area contributed by atoms with Gasteiger partial charge in [0.1, 0.15) is 5.82 Å². The van der Waals surface area contributed by atoms with Gasteiger partial charge in [-0.1, -0.05) is 36.7 Å². The van der Waals surface area contributed by atoms with Crippen molar-refractivity contribution in [2.24, 2.45) is 11.3 Å². The average Bonchev–Trinajstić information content (AvgIpc) is 2.98. The van der Waals surface area contributed by atoms with Crippen LogP contribution in [-0.4, -0.2) is 12.6 Å². The second kappa shape index (κ2) is 5.92. The molecule has 2 rings (SSSR count). The van der Waals surface area contributed by atoms with Crippen molar-refractivity contribution in [2.45, 2.75) is 46.1 Å². The summed E-state index contributed by atoms with van der Waals surface area (Å²) >= 11 is 3.53. The van der Waals surface area contributed by atoms with Crippen LogP contribution < -0.4 is 5.32 Å². The van der Waals surface area contributed by atoms with Gasteiger partial charge in [0, 0.05) is 10.5 Å². The first kappa shape index (κ1) is 15.0. The maximum absolute atomic E-state index is 13.4. The molecule has 0 saturated heterocycles. The van der Waals surface area contributed by atoms with Gasteiger partial charge in [0.05, 0.1) is 0 Å². The quantitative estimate of drug-likeness (QED) is 0.808. The zero-order valence-corrected chi connectivity index (χ0v) is 13.6. The van der Waals surface area contributed by atoms with Crippen molar-refractivity contribution in [3.8, 4) is 0 Å². The standard InChI is InChI=1S/C16H23BrFN/c1-4-7-19-15(13-10-16(13,2)3)9-11-8-12(18)5-6-14(11)17/h5-6,8,13,15,19H,4,7,9-10H2,1-3H3. The van der Waals surface area contributed by atoms with Gasteiger partial charge >= 0.3 is 0 Å². The van der Waals surface area contributed by atoms with Crippen molar-refractivity contribution >= 4 is 15.9 Å². The second-order valence-electron chi connectivity index (χ2n) is 6.30. The molecule has 1 aliphatic carbocycles. The zero-order chi connectivity index (χ0) is 14.0. The van der Waals surface area contributed by atoms with Crippen LogP contribution in [-0.2, 0) is 6.42 Å². The maximum atomic E-state index is 13.4. The van der Waals surface area contributed by atoms with E-state index in [0.717, 1.165) is 29.4 Å². The Morgan fingerprint density at radius 1 is 1.47 bits per heavy atom. The molecule has 0 aliphatic heterocycles. The van der Waals surface area contributed by atoms with E-state index in [1.165, 1.54) is 12.5 Å². The van der Waals surface area contributed by atoms with Gasteiger partial charge in [-0.25, -0.2) is 4.39 Å². The molecule has 1 nitrogen and oxygen atoms in total. The highest BCUT2D eigenvalue weighted by Gasteiger charge is 2.49. The lowest BCUT2D eigenvalue weighted by Crippen LogP contribution is -2.35. The summed E-state index contributed by atoms with van der Waals surface area (Å²) in [5.74, 6) is 0.553. The summed E-state index contributed by atoms with van der Waals surface area (Å²) in [6.07, 6.45) is 3.29. The summed E-state index contributed by atoms with van der Waals surface area (Å²) in [5, 5.41) is 3.64. The Morgan fingerprint density at radius 2 is 2.16 bits per heavy atom. The van der Waals surface area contributed by atoms with E-state index in [1.54, 1.807) is 12.1 Å². The lowest BCUT2D eigenvalue weighted by Gasteiger charge is -2.21. The van der Waals surface area contributed by atoms with Crippen LogP contribution in [0.2, 0.25) is 0 Å². The minimum Gasteiger partial charge on any atom is -0.313 e. The van der Waals surface area contributed by atoms with E-state index in [4.69, 9.17) is 0 Å². The average molecular weight is 328 g/mol. The number of hydrogen-bond acceptors (Lipinski definition) is 1. The van der Waals surface area contributed by atoms with Gasteiger partial charge in [-0.15, -0.1) is 0 Å². The summed E-state index contributed by atoms with van der Waals surface area (Å²) in [6, 6.07) is 5.41. The Bertz CT molecular complexity index is 444. The van der Waals surface area contributed by atoms with E-state index in [-0.39, 0.29) is 5.82 Å². The number of nitrogens with one attached hydrogen (secondary N) is 1. The van der Waals surface area contributed by atoms with Crippen molar-refractivity contribution in [3.63, 3.8) is 0 Å². The molecule has 106 valence electrons. The molecule has 1 N–H and O–H groups in total. The Hall–Kier alpha value is -0.410. The van der Waals surface area contributed by atoms with Gasteiger partial charge in [-0.2, -0.15) is 0 Å². The SMILES string of the molecule is CCCNC(Cc1cc(F)ccc1Br)C1CC1(C)C. The highest BCUT2D eigenvalue weighted by molar-refractivity contribution is 9.10. The van der Waals surface area contributed by atoms with Crippen molar-refractivity contribution in [1.29, 1.82) is 0 Å². The Balaban J connectivity index is 2.09. The van der Waals surface area contributed by atoms with E-state index in [9.17, 15) is 4.39 Å². The molecule has 19 heavy (non-hydrogen) atoms. The highest BCUT2D eigenvalue weighted by Crippen LogP contribution is 2.54. The molecule has 0 aromatic heterocycles. The smallest absolute Gasteiger partial charge is 0.123 e. The number of halogens is 2. The molecule has 1 aromatic rings. The van der Waals surface area contributed by atoms with Crippen molar-refractivity contribution in [3.05, 3.63) is 34.1 Å². The first-order valence-electron chi connectivity index (χ1n) is 7.11. The van der Waals surface area contributed by atoms with Gasteiger partial charge in [0.25, 0.3) is 0 Å². The largest absolute Gasteiger partial charge is 0.313 e. The third-order valence-corrected chi connectivity index (χ3v) is 4.95. The van der Waals surface area contributed by atoms with E-state index in [0.29, 0.717) is 17.4 Å². The monoisotopic (exact) mass is 327 g/mol. The third kappa shape index (κ3) is 3.79. The molecule has 3 heteroatoms. The van der Waals surface area contributed by atoms with E-state index >= 15 is 0 Å². The normalized spacial score (nSPS) is 22.3. The van der Waals surface area contributed by atoms with Crippen LogP contribution in [0.25, 0.3) is 0 Å². The summed E-state index contributed by atoms with van der Waals surface area (Å²) in [5.41, 5.74) is 1.50. The fraction of sp³-hybridized carbons (Fsp3) is 0.625. The van der Waals surface area contributed by atoms with Crippen molar-refractivity contribution in [1.82, 2.24) is 5.32 Å². The van der Waals surface area contributed by atoms with Crippen LogP contribution in [0.15, 0.2) is 22.7 Å². The Kier molecular flexibility index (Phi) is 4.67. The number of benzene rings is 1. The molecule has 0 radical (unpaired) electrons. The first-order chi connectivity index (χ1) is 8.94. The lowest BCUT2D eigenvalue weighted by molar-refractivity contribution is 0.401. The third-order valence-electron chi connectivity index (χ3n) is 4.18. The molecule has 0 bridgehead atoms. The van der Waals surface area contributed by atoms with Crippen LogP contribution in [0.4, 0.5) is 4.39 Å². The molecular formula is C16H23BrFN. The summed E-state index contributed by atoms with van der Waals surface area (Å²) < 4.78 is 14.4. The number of rotatable bonds is 6. The molecule has 2 unspecified atom stereocenters. The molecule has 1 fully saturated rings. The van der Waals surface area contributed by atoms with Crippen LogP contribution in [0, 0.1) is 17.2 Å². The fourth-order valence-corrected chi connectivity index (χ4v) is 3.23. The molecule has 0 heterocycles. The molecule has 1 aromatic carbocycles. The lowest BCUT2D eigenvalue weighted by atomic mass is 9.97. The molecule has 2 atom stereocenters. The van der Waals surface area contributed by atoms with E-state index in [1.807, 2.05) is 0 Å². The Labute approximate surface area is 124 Å². The first-order valence-corrected chi connectivity index (χ1v) is 7.90. The summed E-state index contributed by atoms with van der Waals surface area (Å²) in [7, 11) is 0. The molecule has 1 saturated carbocycles. The highest BCUT2D eigenvalue weighted by atomic mass is 79.9. The topological polar surface area (TPSA) is 12.0 Å². The van der Waals surface area contributed by atoms with Gasteiger partial charge in [0.15, 0.2) is 0 Å². The fourth-order valence-electron chi connectivity index (χ4n) is 2.82. The van der Waals surface area contributed by atoms with Crippen LogP contribution in [0.1, 0.15) is 39.2 Å². The Morgan fingerprint density at radius 3 is 2.74 bits per heavy atom. The minimum absolute atomic E-state index is 0.150. The van der Waals surface area contributed by atoms with E-state index < -0.39 is 0 Å². The number of hydrogen-bond donors (Lipinski definition) is 1. The van der Waals surface area contributed by atoms with Crippen molar-refractivity contribution < 1.29 is 4.39 Å². The molecule has 0 spiro atoms. The van der Waals surface area contributed by atoms with Crippen molar-refractivity contribution in [2.75, 3.05) is 6.54 Å². The van der Waals surface area contributed by atoms with E-state index in [2.05, 4.69) is 42.0 Å². The van der Waals surface area contributed by atoms with Crippen LogP contribution in [0.3, 0.4) is 0 Å². The van der Waals surface area contributed by atoms with Crippen LogP contribution >= 0.6 is 15.9 Å². The van der Waals surface area contributed by atoms with Gasteiger partial charge < -0.3 is 5.32 Å².